The Labute approximate surface area is 112 Å². The van der Waals surface area contributed by atoms with E-state index >= 15 is 0 Å². The summed E-state index contributed by atoms with van der Waals surface area (Å²) in [6.45, 7) is 0. The van der Waals surface area contributed by atoms with Gasteiger partial charge in [-0.2, -0.15) is 5.26 Å². The van der Waals surface area contributed by atoms with Crippen molar-refractivity contribution in [1.29, 1.82) is 5.26 Å². The van der Waals surface area contributed by atoms with Crippen LogP contribution >= 0.6 is 0 Å². The highest BCUT2D eigenvalue weighted by Gasteiger charge is 2.21. The Hall–Kier alpha value is -2.34. The molecule has 1 atom stereocenters. The summed E-state index contributed by atoms with van der Waals surface area (Å²) in [6, 6.07) is 13.9. The quantitative estimate of drug-likeness (QED) is 0.820. The molecule has 1 aromatic heterocycles. The van der Waals surface area contributed by atoms with Gasteiger partial charge >= 0.3 is 0 Å². The molecule has 0 saturated carbocycles. The van der Waals surface area contributed by atoms with Crippen molar-refractivity contribution < 1.29 is 4.74 Å². The zero-order valence-electron chi connectivity index (χ0n) is 10.5. The number of rotatable bonds is 2. The van der Waals surface area contributed by atoms with Gasteiger partial charge in [0.25, 0.3) is 0 Å². The fraction of sp³-hybridized carbons (Fsp3) is 0.250. The number of nitriles is 1. The molecule has 3 nitrogen and oxygen atoms in total. The maximum absolute atomic E-state index is 8.86. The summed E-state index contributed by atoms with van der Waals surface area (Å²) in [6.07, 6.45) is 4.97. The molecule has 1 aromatic carbocycles. The normalized spacial score (nSPS) is 17.3. The van der Waals surface area contributed by atoms with Gasteiger partial charge in [-0.1, -0.05) is 24.3 Å². The number of pyridine rings is 1. The van der Waals surface area contributed by atoms with E-state index in [2.05, 4.69) is 23.2 Å². The van der Waals surface area contributed by atoms with Crippen molar-refractivity contribution in [2.24, 2.45) is 0 Å². The van der Waals surface area contributed by atoms with E-state index in [4.69, 9.17) is 10.00 Å². The van der Waals surface area contributed by atoms with Crippen molar-refractivity contribution in [2.45, 2.75) is 25.4 Å². The van der Waals surface area contributed by atoms with Crippen LogP contribution in [-0.4, -0.2) is 4.98 Å². The summed E-state index contributed by atoms with van der Waals surface area (Å²) < 4.78 is 6.03. The molecule has 1 aliphatic carbocycles. The number of fused-ring (bicyclic) bond motifs is 1. The third-order valence-corrected chi connectivity index (χ3v) is 3.44. The lowest BCUT2D eigenvalue weighted by atomic mass is 9.89. The zero-order chi connectivity index (χ0) is 13.1. The number of benzene rings is 1. The molecule has 19 heavy (non-hydrogen) atoms. The molecule has 94 valence electrons. The van der Waals surface area contributed by atoms with Crippen molar-refractivity contribution in [3.05, 3.63) is 59.4 Å². The molecule has 3 heteroatoms. The van der Waals surface area contributed by atoms with Crippen LogP contribution in [0.1, 0.15) is 35.8 Å². The predicted octanol–water partition coefficient (Wildman–Crippen LogP) is 3.41. The average Bonchev–Trinajstić information content (AvgIpc) is 2.48. The molecule has 0 N–H and O–H groups in total. The van der Waals surface area contributed by atoms with Crippen molar-refractivity contribution in [1.82, 2.24) is 4.98 Å². The molecule has 0 saturated heterocycles. The molecule has 0 spiro atoms. The zero-order valence-corrected chi connectivity index (χ0v) is 10.5. The lowest BCUT2D eigenvalue weighted by Crippen LogP contribution is -2.15. The van der Waals surface area contributed by atoms with Crippen LogP contribution in [0.15, 0.2) is 42.6 Å². The Morgan fingerprint density at radius 3 is 3.05 bits per heavy atom. The van der Waals surface area contributed by atoms with Crippen LogP contribution in [0.3, 0.4) is 0 Å². The van der Waals surface area contributed by atoms with Gasteiger partial charge in [0.2, 0.25) is 0 Å². The Kier molecular flexibility index (Phi) is 3.16. The van der Waals surface area contributed by atoms with Gasteiger partial charge in [0.05, 0.1) is 0 Å². The molecule has 0 radical (unpaired) electrons. The Morgan fingerprint density at radius 2 is 2.16 bits per heavy atom. The first-order valence-corrected chi connectivity index (χ1v) is 6.47. The number of nitrogens with zero attached hydrogens (tertiary/aromatic N) is 2. The fourth-order valence-electron chi connectivity index (χ4n) is 2.54. The van der Waals surface area contributed by atoms with Crippen LogP contribution < -0.4 is 4.74 Å². The highest BCUT2D eigenvalue weighted by atomic mass is 16.5. The first-order valence-electron chi connectivity index (χ1n) is 6.47. The third kappa shape index (κ3) is 2.43. The van der Waals surface area contributed by atoms with Gasteiger partial charge in [-0.3, -0.25) is 0 Å². The lowest BCUT2D eigenvalue weighted by Gasteiger charge is -2.26. The molecule has 0 aliphatic heterocycles. The summed E-state index contributed by atoms with van der Waals surface area (Å²) in [5.74, 6) is 0.716. The maximum Gasteiger partial charge on any atom is 0.144 e. The van der Waals surface area contributed by atoms with Gasteiger partial charge in [-0.05, 0) is 36.5 Å². The predicted molar refractivity (Wildman–Crippen MR) is 71.7 cm³/mol. The lowest BCUT2D eigenvalue weighted by molar-refractivity contribution is 0.183. The van der Waals surface area contributed by atoms with Gasteiger partial charge < -0.3 is 4.74 Å². The summed E-state index contributed by atoms with van der Waals surface area (Å²) in [7, 11) is 0. The summed E-state index contributed by atoms with van der Waals surface area (Å²) in [4.78, 5) is 3.95. The molecule has 0 fully saturated rings. The second kappa shape index (κ2) is 5.11. The number of aryl methyl sites for hydroxylation is 1. The molecule has 1 unspecified atom stereocenters. The number of hydrogen-bond acceptors (Lipinski definition) is 3. The van der Waals surface area contributed by atoms with Crippen LogP contribution in [0.25, 0.3) is 0 Å². The van der Waals surface area contributed by atoms with E-state index in [9.17, 15) is 0 Å². The third-order valence-electron chi connectivity index (χ3n) is 3.44. The van der Waals surface area contributed by atoms with E-state index in [1.54, 1.807) is 18.3 Å². The van der Waals surface area contributed by atoms with Crippen molar-refractivity contribution >= 4 is 0 Å². The van der Waals surface area contributed by atoms with Gasteiger partial charge in [-0.15, -0.1) is 0 Å². The van der Waals surface area contributed by atoms with E-state index in [0.717, 1.165) is 19.3 Å². The first-order chi connectivity index (χ1) is 9.36. The Bertz CT molecular complexity index is 631. The second-order valence-corrected chi connectivity index (χ2v) is 4.69. The van der Waals surface area contributed by atoms with Crippen LogP contribution in [0.5, 0.6) is 5.75 Å². The van der Waals surface area contributed by atoms with Crippen molar-refractivity contribution in [2.75, 3.05) is 0 Å². The van der Waals surface area contributed by atoms with Gasteiger partial charge in [0, 0.05) is 12.3 Å². The van der Waals surface area contributed by atoms with Crippen LogP contribution in [0.4, 0.5) is 0 Å². The average molecular weight is 250 g/mol. The maximum atomic E-state index is 8.86. The monoisotopic (exact) mass is 250 g/mol. The van der Waals surface area contributed by atoms with Crippen LogP contribution in [-0.2, 0) is 6.42 Å². The minimum absolute atomic E-state index is 0.0823. The molecule has 3 rings (SSSR count). The smallest absolute Gasteiger partial charge is 0.144 e. The molecular weight excluding hydrogens is 236 g/mol. The highest BCUT2D eigenvalue weighted by Crippen LogP contribution is 2.33. The molecule has 0 bridgehead atoms. The molecule has 1 heterocycles. The van der Waals surface area contributed by atoms with Gasteiger partial charge in [0.1, 0.15) is 23.6 Å². The highest BCUT2D eigenvalue weighted by molar-refractivity contribution is 5.34. The van der Waals surface area contributed by atoms with Crippen LogP contribution in [0, 0.1) is 11.3 Å². The second-order valence-electron chi connectivity index (χ2n) is 4.69. The number of hydrogen-bond donors (Lipinski definition) is 0. The first kappa shape index (κ1) is 11.7. The minimum atomic E-state index is 0.0823. The van der Waals surface area contributed by atoms with Crippen LogP contribution in [0.2, 0.25) is 0 Å². The number of aromatic nitrogens is 1. The summed E-state index contributed by atoms with van der Waals surface area (Å²) in [5, 5.41) is 8.86. The molecular formula is C16H14N2O. The minimum Gasteiger partial charge on any atom is -0.486 e. The van der Waals surface area contributed by atoms with Crippen molar-refractivity contribution in [3.8, 4) is 11.8 Å². The molecule has 0 amide bonds. The van der Waals surface area contributed by atoms with E-state index in [0.29, 0.717) is 11.4 Å². The SMILES string of the molecule is N#Cc1cc(OC2CCCc3ccccc32)ccn1. The fourth-order valence-corrected chi connectivity index (χ4v) is 2.54. The van der Waals surface area contributed by atoms with Gasteiger partial charge in [-0.25, -0.2) is 4.98 Å². The summed E-state index contributed by atoms with van der Waals surface area (Å²) in [5.41, 5.74) is 3.03. The largest absolute Gasteiger partial charge is 0.486 e. The summed E-state index contributed by atoms with van der Waals surface area (Å²) >= 11 is 0. The topological polar surface area (TPSA) is 45.9 Å². The molecule has 1 aliphatic rings. The van der Waals surface area contributed by atoms with Crippen molar-refractivity contribution in [3.63, 3.8) is 0 Å². The van der Waals surface area contributed by atoms with E-state index in [1.807, 2.05) is 12.1 Å². The number of ether oxygens (including phenoxy) is 1. The Morgan fingerprint density at radius 1 is 1.26 bits per heavy atom. The standard InChI is InChI=1S/C16H14N2O/c17-11-13-10-14(8-9-18-13)19-16-7-3-5-12-4-1-2-6-15(12)16/h1-2,4,6,8-10,16H,3,5,7H2. The van der Waals surface area contributed by atoms with E-state index in [-0.39, 0.29) is 6.10 Å². The molecule has 2 aromatic rings. The van der Waals surface area contributed by atoms with E-state index < -0.39 is 0 Å². The van der Waals surface area contributed by atoms with Gasteiger partial charge in [0.15, 0.2) is 0 Å². The Balaban J connectivity index is 1.86. The van der Waals surface area contributed by atoms with E-state index in [1.165, 1.54) is 11.1 Å².